The van der Waals surface area contributed by atoms with Crippen LogP contribution in [0.5, 0.6) is 5.75 Å². The molecule has 0 aliphatic rings. The Hall–Kier alpha value is -4.05. The number of rotatable bonds is 6. The van der Waals surface area contributed by atoms with Crippen LogP contribution >= 0.6 is 0 Å². The molecule has 31 heavy (non-hydrogen) atoms. The molecule has 0 saturated heterocycles. The molecule has 0 aromatic heterocycles. The summed E-state index contributed by atoms with van der Waals surface area (Å²) < 4.78 is 44.1. The lowest BCUT2D eigenvalue weighted by atomic mass is 10.0. The van der Waals surface area contributed by atoms with Crippen molar-refractivity contribution in [1.82, 2.24) is 0 Å². The Morgan fingerprint density at radius 2 is 1.58 bits per heavy atom. The molecule has 0 atom stereocenters. The van der Waals surface area contributed by atoms with E-state index in [0.29, 0.717) is 16.9 Å². The van der Waals surface area contributed by atoms with Crippen LogP contribution in [0, 0.1) is 11.3 Å². The van der Waals surface area contributed by atoms with Gasteiger partial charge in [-0.2, -0.15) is 18.4 Å². The zero-order chi connectivity index (χ0) is 22.4. The lowest BCUT2D eigenvalue weighted by molar-refractivity contribution is -0.137. The molecular formula is C24H16F3NO3. The molecule has 0 bridgehead atoms. The average molecular weight is 423 g/mol. The third-order valence-corrected chi connectivity index (χ3v) is 4.46. The summed E-state index contributed by atoms with van der Waals surface area (Å²) in [5.74, 6) is -0.542. The van der Waals surface area contributed by atoms with E-state index in [-0.39, 0.29) is 17.7 Å². The number of alkyl halides is 3. The first-order valence-electron chi connectivity index (χ1n) is 9.11. The first kappa shape index (κ1) is 21.7. The molecule has 0 aliphatic heterocycles. The fraction of sp³-hybridized carbons (Fsp3) is 0.0833. The number of para-hydroxylation sites is 1. The van der Waals surface area contributed by atoms with Crippen LogP contribution in [-0.2, 0) is 12.8 Å². The highest BCUT2D eigenvalue weighted by atomic mass is 19.4. The standard InChI is InChI=1S/C24H16F3NO3/c25-24(26,27)21-11-9-17(10-12-21)20(14-28)13-19-3-1-2-4-22(19)31-15-16-5-7-18(8-6-16)23(29)30/h1-13H,15H2,(H,29,30)/b20-13-. The fourth-order valence-electron chi connectivity index (χ4n) is 2.81. The first-order chi connectivity index (χ1) is 14.8. The highest BCUT2D eigenvalue weighted by Crippen LogP contribution is 2.31. The molecular weight excluding hydrogens is 407 g/mol. The molecule has 3 rings (SSSR count). The molecule has 0 saturated carbocycles. The Morgan fingerprint density at radius 1 is 0.968 bits per heavy atom. The average Bonchev–Trinajstić information content (AvgIpc) is 2.76. The maximum atomic E-state index is 12.8. The third-order valence-electron chi connectivity index (χ3n) is 4.46. The summed E-state index contributed by atoms with van der Waals surface area (Å²) >= 11 is 0. The number of carboxylic acids is 1. The van der Waals surface area contributed by atoms with Crippen LogP contribution in [0.4, 0.5) is 13.2 Å². The minimum absolute atomic E-state index is 0.169. The van der Waals surface area contributed by atoms with Gasteiger partial charge in [-0.3, -0.25) is 0 Å². The molecule has 0 aliphatic carbocycles. The first-order valence-corrected chi connectivity index (χ1v) is 9.11. The van der Waals surface area contributed by atoms with E-state index in [1.807, 2.05) is 6.07 Å². The normalized spacial score (nSPS) is 11.6. The number of hydrogen-bond acceptors (Lipinski definition) is 3. The summed E-state index contributed by atoms with van der Waals surface area (Å²) in [7, 11) is 0. The van der Waals surface area contributed by atoms with Crippen molar-refractivity contribution >= 4 is 17.6 Å². The third kappa shape index (κ3) is 5.52. The van der Waals surface area contributed by atoms with Crippen LogP contribution < -0.4 is 4.74 Å². The maximum absolute atomic E-state index is 12.8. The monoisotopic (exact) mass is 423 g/mol. The largest absolute Gasteiger partial charge is 0.488 e. The maximum Gasteiger partial charge on any atom is 0.416 e. The summed E-state index contributed by atoms with van der Waals surface area (Å²) in [5, 5.41) is 18.5. The molecule has 0 heterocycles. The zero-order valence-corrected chi connectivity index (χ0v) is 16.1. The van der Waals surface area contributed by atoms with Gasteiger partial charge in [-0.15, -0.1) is 0 Å². The van der Waals surface area contributed by atoms with Gasteiger partial charge in [0.2, 0.25) is 0 Å². The molecule has 0 fully saturated rings. The Morgan fingerprint density at radius 3 is 2.16 bits per heavy atom. The van der Waals surface area contributed by atoms with Crippen molar-refractivity contribution in [3.8, 4) is 11.8 Å². The number of benzene rings is 3. The van der Waals surface area contributed by atoms with Crippen molar-refractivity contribution in [2.75, 3.05) is 0 Å². The number of nitriles is 1. The summed E-state index contributed by atoms with van der Waals surface area (Å²) in [6.45, 7) is 0.174. The molecule has 0 radical (unpaired) electrons. The van der Waals surface area contributed by atoms with Crippen LogP contribution in [0.1, 0.15) is 32.6 Å². The van der Waals surface area contributed by atoms with E-state index in [1.54, 1.807) is 42.5 Å². The highest BCUT2D eigenvalue weighted by Gasteiger charge is 2.30. The van der Waals surface area contributed by atoms with E-state index in [9.17, 15) is 23.2 Å². The van der Waals surface area contributed by atoms with Gasteiger partial charge in [0.05, 0.1) is 22.8 Å². The summed E-state index contributed by atoms with van der Waals surface area (Å²) in [5.41, 5.74) is 1.27. The van der Waals surface area contributed by atoms with Crippen molar-refractivity contribution in [1.29, 1.82) is 5.26 Å². The van der Waals surface area contributed by atoms with Gasteiger partial charge in [0.15, 0.2) is 0 Å². The van der Waals surface area contributed by atoms with Gasteiger partial charge in [-0.05, 0) is 47.5 Å². The summed E-state index contributed by atoms with van der Waals surface area (Å²) in [6.07, 6.45) is -2.90. The lowest BCUT2D eigenvalue weighted by Crippen LogP contribution is -2.04. The predicted molar refractivity (Wildman–Crippen MR) is 109 cm³/mol. The molecule has 3 aromatic carbocycles. The molecule has 0 unspecified atom stereocenters. The molecule has 0 spiro atoms. The second kappa shape index (κ2) is 9.18. The molecule has 156 valence electrons. The summed E-state index contributed by atoms with van der Waals surface area (Å²) in [4.78, 5) is 10.9. The zero-order valence-electron chi connectivity index (χ0n) is 16.1. The van der Waals surface area contributed by atoms with Gasteiger partial charge in [0, 0.05) is 5.56 Å². The van der Waals surface area contributed by atoms with E-state index in [4.69, 9.17) is 9.84 Å². The smallest absolute Gasteiger partial charge is 0.416 e. The van der Waals surface area contributed by atoms with Gasteiger partial charge >= 0.3 is 12.1 Å². The van der Waals surface area contributed by atoms with E-state index < -0.39 is 17.7 Å². The van der Waals surface area contributed by atoms with Crippen molar-refractivity contribution in [2.45, 2.75) is 12.8 Å². The van der Waals surface area contributed by atoms with Crippen molar-refractivity contribution < 1.29 is 27.8 Å². The van der Waals surface area contributed by atoms with Gasteiger partial charge < -0.3 is 9.84 Å². The van der Waals surface area contributed by atoms with Crippen molar-refractivity contribution in [2.24, 2.45) is 0 Å². The Balaban J connectivity index is 1.82. The van der Waals surface area contributed by atoms with Gasteiger partial charge in [-0.1, -0.05) is 42.5 Å². The van der Waals surface area contributed by atoms with Crippen LogP contribution in [0.3, 0.4) is 0 Å². The Kier molecular flexibility index (Phi) is 6.41. The van der Waals surface area contributed by atoms with Crippen molar-refractivity contribution in [3.05, 3.63) is 101 Å². The van der Waals surface area contributed by atoms with E-state index in [1.165, 1.54) is 24.3 Å². The van der Waals surface area contributed by atoms with Crippen LogP contribution in [-0.4, -0.2) is 11.1 Å². The Labute approximate surface area is 176 Å². The lowest BCUT2D eigenvalue weighted by Gasteiger charge is -2.11. The molecule has 4 nitrogen and oxygen atoms in total. The molecule has 7 heteroatoms. The topological polar surface area (TPSA) is 70.3 Å². The Bertz CT molecular complexity index is 1140. The quantitative estimate of drug-likeness (QED) is 0.387. The van der Waals surface area contributed by atoms with Gasteiger partial charge in [0.25, 0.3) is 0 Å². The number of carbonyl (C=O) groups is 1. The predicted octanol–water partition coefficient (Wildman–Crippen LogP) is 6.05. The van der Waals surface area contributed by atoms with Crippen molar-refractivity contribution in [3.63, 3.8) is 0 Å². The molecule has 1 N–H and O–H groups in total. The number of carboxylic acid groups (broad SMARTS) is 1. The van der Waals surface area contributed by atoms with Gasteiger partial charge in [-0.25, -0.2) is 4.79 Å². The van der Waals surface area contributed by atoms with Gasteiger partial charge in [0.1, 0.15) is 12.4 Å². The minimum atomic E-state index is -4.45. The van der Waals surface area contributed by atoms with E-state index in [0.717, 1.165) is 17.7 Å². The number of nitrogens with zero attached hydrogens (tertiary/aromatic N) is 1. The van der Waals surface area contributed by atoms with E-state index in [2.05, 4.69) is 0 Å². The highest BCUT2D eigenvalue weighted by molar-refractivity contribution is 5.90. The van der Waals surface area contributed by atoms with E-state index >= 15 is 0 Å². The fourth-order valence-corrected chi connectivity index (χ4v) is 2.81. The second-order valence-electron chi connectivity index (χ2n) is 6.57. The number of hydrogen-bond donors (Lipinski definition) is 1. The summed E-state index contributed by atoms with van der Waals surface area (Å²) in [6, 6.07) is 19.6. The number of allylic oxidation sites excluding steroid dienone is 1. The van der Waals surface area contributed by atoms with Crippen LogP contribution in [0.2, 0.25) is 0 Å². The molecule has 0 amide bonds. The number of halogens is 3. The van der Waals surface area contributed by atoms with Crippen LogP contribution in [0.15, 0.2) is 72.8 Å². The number of aromatic carboxylic acids is 1. The molecule has 3 aromatic rings. The minimum Gasteiger partial charge on any atom is -0.488 e. The SMILES string of the molecule is N#C/C(=C/c1ccccc1OCc1ccc(C(=O)O)cc1)c1ccc(C(F)(F)F)cc1. The van der Waals surface area contributed by atoms with Crippen LogP contribution in [0.25, 0.3) is 11.6 Å². The number of ether oxygens (including phenoxy) is 1. The second-order valence-corrected chi connectivity index (χ2v) is 6.57.